The van der Waals surface area contributed by atoms with Crippen LogP contribution in [0.25, 0.3) is 0 Å². The van der Waals surface area contributed by atoms with Crippen LogP contribution >= 0.6 is 11.6 Å². The third-order valence-electron chi connectivity index (χ3n) is 2.78. The number of ether oxygens (including phenoxy) is 2. The van der Waals surface area contributed by atoms with Crippen LogP contribution in [-0.4, -0.2) is 7.11 Å². The van der Waals surface area contributed by atoms with Gasteiger partial charge in [0.2, 0.25) is 0 Å². The first kappa shape index (κ1) is 14.0. The molecule has 102 valence electrons. The van der Waals surface area contributed by atoms with E-state index < -0.39 is 0 Å². The highest BCUT2D eigenvalue weighted by atomic mass is 35.5. The highest BCUT2D eigenvalue weighted by molar-refractivity contribution is 6.31. The van der Waals surface area contributed by atoms with E-state index in [4.69, 9.17) is 32.1 Å². The lowest BCUT2D eigenvalue weighted by molar-refractivity contribution is 0.307. The van der Waals surface area contributed by atoms with Gasteiger partial charge in [-0.1, -0.05) is 17.7 Å². The van der Waals surface area contributed by atoms with Crippen LogP contribution in [0.1, 0.15) is 11.1 Å². The fraction of sp³-hybridized carbons (Fsp3) is 0.133. The number of nitrogens with zero attached hydrogens (tertiary/aromatic N) is 1. The van der Waals surface area contributed by atoms with Crippen LogP contribution in [0.4, 0.5) is 5.69 Å². The van der Waals surface area contributed by atoms with E-state index in [2.05, 4.69) is 0 Å². The van der Waals surface area contributed by atoms with Gasteiger partial charge in [0.25, 0.3) is 0 Å². The first-order valence-corrected chi connectivity index (χ1v) is 6.26. The molecule has 0 atom stereocenters. The maximum Gasteiger partial charge on any atom is 0.142 e. The lowest BCUT2D eigenvalue weighted by Crippen LogP contribution is -2.00. The maximum absolute atomic E-state index is 8.78. The van der Waals surface area contributed by atoms with Crippen molar-refractivity contribution in [2.75, 3.05) is 12.8 Å². The van der Waals surface area contributed by atoms with Gasteiger partial charge in [-0.15, -0.1) is 0 Å². The highest BCUT2D eigenvalue weighted by Gasteiger charge is 2.06. The molecule has 0 aromatic heterocycles. The molecule has 0 unspecified atom stereocenters. The smallest absolute Gasteiger partial charge is 0.142 e. The van der Waals surface area contributed by atoms with E-state index in [9.17, 15) is 0 Å². The van der Waals surface area contributed by atoms with Crippen molar-refractivity contribution in [3.63, 3.8) is 0 Å². The zero-order valence-electron chi connectivity index (χ0n) is 10.9. The van der Waals surface area contributed by atoms with Gasteiger partial charge in [0.05, 0.1) is 24.4 Å². The molecule has 4 nitrogen and oxygen atoms in total. The largest absolute Gasteiger partial charge is 0.497 e. The summed E-state index contributed by atoms with van der Waals surface area (Å²) in [6.07, 6.45) is 0. The second-order valence-electron chi connectivity index (χ2n) is 4.11. The van der Waals surface area contributed by atoms with E-state index in [0.717, 1.165) is 5.56 Å². The van der Waals surface area contributed by atoms with Crippen LogP contribution in [0.5, 0.6) is 11.5 Å². The lowest BCUT2D eigenvalue weighted by atomic mass is 10.1. The van der Waals surface area contributed by atoms with Crippen molar-refractivity contribution >= 4 is 17.3 Å². The Morgan fingerprint density at radius 2 is 2.05 bits per heavy atom. The minimum absolute atomic E-state index is 0.279. The Kier molecular flexibility index (Phi) is 4.34. The van der Waals surface area contributed by atoms with Crippen molar-refractivity contribution in [1.82, 2.24) is 0 Å². The second-order valence-corrected chi connectivity index (χ2v) is 4.52. The van der Waals surface area contributed by atoms with E-state index >= 15 is 0 Å². The van der Waals surface area contributed by atoms with Crippen molar-refractivity contribution in [2.45, 2.75) is 6.61 Å². The number of hydrogen-bond donors (Lipinski definition) is 1. The van der Waals surface area contributed by atoms with Gasteiger partial charge in [-0.25, -0.2) is 0 Å². The molecule has 2 aromatic carbocycles. The van der Waals surface area contributed by atoms with Crippen molar-refractivity contribution in [3.05, 3.63) is 52.5 Å². The summed E-state index contributed by atoms with van der Waals surface area (Å²) < 4.78 is 10.7. The molecule has 0 amide bonds. The Bertz CT molecular complexity index is 665. The van der Waals surface area contributed by atoms with Crippen LogP contribution in [0.2, 0.25) is 5.02 Å². The van der Waals surface area contributed by atoms with Gasteiger partial charge in [-0.2, -0.15) is 5.26 Å². The first-order chi connectivity index (χ1) is 9.63. The van der Waals surface area contributed by atoms with Crippen molar-refractivity contribution in [2.24, 2.45) is 0 Å². The summed E-state index contributed by atoms with van der Waals surface area (Å²) in [5.41, 5.74) is 7.67. The molecule has 0 bridgehead atoms. The summed E-state index contributed by atoms with van der Waals surface area (Å²) in [5, 5.41) is 9.27. The molecule has 2 N–H and O–H groups in total. The monoisotopic (exact) mass is 288 g/mol. The summed E-state index contributed by atoms with van der Waals surface area (Å²) in [5.74, 6) is 1.23. The van der Waals surface area contributed by atoms with Crippen LogP contribution in [0.3, 0.4) is 0 Å². The van der Waals surface area contributed by atoms with Gasteiger partial charge in [-0.05, 0) is 24.3 Å². The van der Waals surface area contributed by atoms with Gasteiger partial charge in [-0.3, -0.25) is 0 Å². The van der Waals surface area contributed by atoms with E-state index in [1.165, 1.54) is 0 Å². The molecule has 0 heterocycles. The normalized spacial score (nSPS) is 9.85. The van der Waals surface area contributed by atoms with E-state index in [-0.39, 0.29) is 6.61 Å². The Labute approximate surface area is 122 Å². The fourth-order valence-corrected chi connectivity index (χ4v) is 1.91. The molecule has 0 aliphatic rings. The zero-order chi connectivity index (χ0) is 14.5. The molecule has 2 aromatic rings. The Balaban J connectivity index is 2.11. The molecular formula is C15H13ClN2O2. The average molecular weight is 289 g/mol. The fourth-order valence-electron chi connectivity index (χ4n) is 1.67. The molecule has 2 rings (SSSR count). The van der Waals surface area contributed by atoms with Gasteiger partial charge in [0.1, 0.15) is 18.1 Å². The quantitative estimate of drug-likeness (QED) is 0.876. The number of anilines is 1. The van der Waals surface area contributed by atoms with Crippen molar-refractivity contribution < 1.29 is 9.47 Å². The van der Waals surface area contributed by atoms with Gasteiger partial charge in [0.15, 0.2) is 0 Å². The molecule has 0 spiro atoms. The molecule has 0 aliphatic carbocycles. The number of hydrogen-bond acceptors (Lipinski definition) is 4. The van der Waals surface area contributed by atoms with Gasteiger partial charge in [0, 0.05) is 16.7 Å². The van der Waals surface area contributed by atoms with Crippen molar-refractivity contribution in [1.29, 1.82) is 5.26 Å². The van der Waals surface area contributed by atoms with Crippen LogP contribution in [0, 0.1) is 11.3 Å². The second kappa shape index (κ2) is 6.18. The summed E-state index contributed by atoms with van der Waals surface area (Å²) in [7, 11) is 1.58. The number of methoxy groups -OCH3 is 1. The molecular weight excluding hydrogens is 276 g/mol. The van der Waals surface area contributed by atoms with Gasteiger partial charge >= 0.3 is 0 Å². The minimum atomic E-state index is 0.279. The zero-order valence-corrected chi connectivity index (χ0v) is 11.6. The Morgan fingerprint density at radius 3 is 2.65 bits per heavy atom. The third-order valence-corrected chi connectivity index (χ3v) is 3.13. The van der Waals surface area contributed by atoms with Crippen molar-refractivity contribution in [3.8, 4) is 17.6 Å². The van der Waals surface area contributed by atoms with Gasteiger partial charge < -0.3 is 15.2 Å². The summed E-state index contributed by atoms with van der Waals surface area (Å²) in [4.78, 5) is 0. The predicted octanol–water partition coefficient (Wildman–Crippen LogP) is 3.38. The van der Waals surface area contributed by atoms with E-state index in [0.29, 0.717) is 27.8 Å². The molecule has 5 heteroatoms. The maximum atomic E-state index is 8.78. The topological polar surface area (TPSA) is 68.3 Å². The number of rotatable bonds is 4. The average Bonchev–Trinajstić information content (AvgIpc) is 2.46. The number of nitriles is 1. The first-order valence-electron chi connectivity index (χ1n) is 5.89. The third kappa shape index (κ3) is 3.14. The molecule has 0 saturated carbocycles. The van der Waals surface area contributed by atoms with Crippen LogP contribution in [-0.2, 0) is 6.61 Å². The Hall–Kier alpha value is -2.38. The number of nitrogens with two attached hydrogens (primary N) is 1. The number of halogens is 1. The summed E-state index contributed by atoms with van der Waals surface area (Å²) >= 11 is 6.08. The SMILES string of the molecule is COc1ccc(OCc2ccc(C#N)cc2Cl)c(N)c1. The predicted molar refractivity (Wildman–Crippen MR) is 77.9 cm³/mol. The molecule has 0 saturated heterocycles. The molecule has 0 fully saturated rings. The van der Waals surface area contributed by atoms with Crippen LogP contribution < -0.4 is 15.2 Å². The lowest BCUT2D eigenvalue weighted by Gasteiger charge is -2.11. The summed E-state index contributed by atoms with van der Waals surface area (Å²) in [6, 6.07) is 12.3. The molecule has 0 radical (unpaired) electrons. The summed E-state index contributed by atoms with van der Waals surface area (Å²) in [6.45, 7) is 0.279. The molecule has 20 heavy (non-hydrogen) atoms. The number of nitrogen functional groups attached to an aromatic ring is 1. The number of benzene rings is 2. The molecule has 0 aliphatic heterocycles. The highest BCUT2D eigenvalue weighted by Crippen LogP contribution is 2.28. The Morgan fingerprint density at radius 1 is 1.25 bits per heavy atom. The standard InChI is InChI=1S/C15H13ClN2O2/c1-19-12-4-5-15(14(18)7-12)20-9-11-3-2-10(8-17)6-13(11)16/h2-7H,9,18H2,1H3. The van der Waals surface area contributed by atoms with Crippen LogP contribution in [0.15, 0.2) is 36.4 Å². The van der Waals surface area contributed by atoms with E-state index in [1.54, 1.807) is 43.5 Å². The minimum Gasteiger partial charge on any atom is -0.497 e. The van der Waals surface area contributed by atoms with E-state index in [1.807, 2.05) is 6.07 Å².